The van der Waals surface area contributed by atoms with Crippen LogP contribution < -0.4 is 5.73 Å². The minimum absolute atomic E-state index is 0.144. The number of aliphatic hydroxyl groups excluding tert-OH is 2. The Bertz CT molecular complexity index is 392. The number of primary amides is 1. The Labute approximate surface area is 91.5 Å². The van der Waals surface area contributed by atoms with Gasteiger partial charge in [-0.3, -0.25) is 4.79 Å². The predicted octanol–water partition coefficient (Wildman–Crippen LogP) is -1.38. The van der Waals surface area contributed by atoms with E-state index in [4.69, 9.17) is 15.6 Å². The lowest BCUT2D eigenvalue weighted by atomic mass is 10.2. The van der Waals surface area contributed by atoms with Crippen molar-refractivity contribution < 1.29 is 19.7 Å². The summed E-state index contributed by atoms with van der Waals surface area (Å²) >= 11 is 0. The van der Waals surface area contributed by atoms with Gasteiger partial charge in [0, 0.05) is 12.6 Å². The van der Waals surface area contributed by atoms with Gasteiger partial charge in [0.1, 0.15) is 18.0 Å². The van der Waals surface area contributed by atoms with E-state index in [2.05, 4.69) is 4.98 Å². The number of rotatable bonds is 3. The van der Waals surface area contributed by atoms with E-state index in [0.29, 0.717) is 6.42 Å². The van der Waals surface area contributed by atoms with Crippen LogP contribution in [0.25, 0.3) is 0 Å². The first-order valence-electron chi connectivity index (χ1n) is 4.89. The molecule has 0 radical (unpaired) electrons. The summed E-state index contributed by atoms with van der Waals surface area (Å²) < 4.78 is 6.93. The van der Waals surface area contributed by atoms with Crippen LogP contribution in [0.1, 0.15) is 23.1 Å². The van der Waals surface area contributed by atoms with Crippen LogP contribution in [-0.2, 0) is 4.74 Å². The number of imidazole rings is 1. The molecule has 1 aromatic heterocycles. The lowest BCUT2D eigenvalue weighted by molar-refractivity contribution is -0.0443. The third-order valence-electron chi connectivity index (χ3n) is 2.57. The number of ether oxygens (including phenoxy) is 1. The Kier molecular flexibility index (Phi) is 2.90. The Morgan fingerprint density at radius 1 is 1.75 bits per heavy atom. The predicted molar refractivity (Wildman–Crippen MR) is 52.4 cm³/mol. The van der Waals surface area contributed by atoms with Gasteiger partial charge in [-0.05, 0) is 0 Å². The van der Waals surface area contributed by atoms with Gasteiger partial charge < -0.3 is 25.3 Å². The summed E-state index contributed by atoms with van der Waals surface area (Å²) in [6.45, 7) is -0.241. The Morgan fingerprint density at radius 3 is 3.00 bits per heavy atom. The topological polar surface area (TPSA) is 111 Å². The first-order valence-corrected chi connectivity index (χ1v) is 4.89. The average molecular weight is 227 g/mol. The lowest BCUT2D eigenvalue weighted by Gasteiger charge is -2.12. The molecule has 0 unspecified atom stereocenters. The van der Waals surface area contributed by atoms with E-state index < -0.39 is 24.3 Å². The van der Waals surface area contributed by atoms with Crippen LogP contribution in [0.5, 0.6) is 0 Å². The molecule has 4 N–H and O–H groups in total. The molecule has 1 amide bonds. The third-order valence-corrected chi connectivity index (χ3v) is 2.57. The second kappa shape index (κ2) is 4.20. The normalized spacial score (nSPS) is 29.5. The maximum absolute atomic E-state index is 10.8. The molecule has 88 valence electrons. The van der Waals surface area contributed by atoms with Crippen LogP contribution >= 0.6 is 0 Å². The zero-order chi connectivity index (χ0) is 11.7. The SMILES string of the molecule is NC(=O)c1cn([C@H]2C[C@H](O)[C@@H](CO)O2)cn1. The molecule has 1 aliphatic rings. The average Bonchev–Trinajstić information content (AvgIpc) is 2.83. The van der Waals surface area contributed by atoms with Crippen LogP contribution in [0.4, 0.5) is 0 Å². The largest absolute Gasteiger partial charge is 0.394 e. The number of hydrogen-bond donors (Lipinski definition) is 3. The first kappa shape index (κ1) is 11.1. The molecule has 2 rings (SSSR count). The monoisotopic (exact) mass is 227 g/mol. The number of nitrogens with two attached hydrogens (primary N) is 1. The molecule has 0 spiro atoms. The summed E-state index contributed by atoms with van der Waals surface area (Å²) in [6.07, 6.45) is 1.49. The Hall–Kier alpha value is -1.44. The highest BCUT2D eigenvalue weighted by molar-refractivity contribution is 5.90. The van der Waals surface area contributed by atoms with Crippen molar-refractivity contribution in [2.45, 2.75) is 24.9 Å². The standard InChI is InChI=1S/C9H13N3O4/c10-9(15)5-2-12(4-11-5)8-1-6(14)7(3-13)16-8/h2,4,6-8,13-14H,1,3H2,(H2,10,15)/t6-,7+,8+/m0/s1. The fourth-order valence-corrected chi connectivity index (χ4v) is 1.68. The van der Waals surface area contributed by atoms with E-state index in [1.807, 2.05) is 0 Å². The van der Waals surface area contributed by atoms with Gasteiger partial charge in [-0.15, -0.1) is 0 Å². The number of aliphatic hydroxyl groups is 2. The van der Waals surface area contributed by atoms with Gasteiger partial charge in [-0.25, -0.2) is 4.98 Å². The summed E-state index contributed by atoms with van der Waals surface area (Å²) in [5.41, 5.74) is 5.21. The summed E-state index contributed by atoms with van der Waals surface area (Å²) in [5, 5.41) is 18.4. The number of hydrogen-bond acceptors (Lipinski definition) is 5. The van der Waals surface area contributed by atoms with Crippen molar-refractivity contribution in [3.05, 3.63) is 18.2 Å². The minimum atomic E-state index is -0.713. The van der Waals surface area contributed by atoms with Crippen LogP contribution in [0.3, 0.4) is 0 Å². The van der Waals surface area contributed by atoms with E-state index in [-0.39, 0.29) is 12.3 Å². The second-order valence-corrected chi connectivity index (χ2v) is 3.69. The van der Waals surface area contributed by atoms with E-state index >= 15 is 0 Å². The minimum Gasteiger partial charge on any atom is -0.394 e. The molecular formula is C9H13N3O4. The summed E-state index contributed by atoms with van der Waals surface area (Å²) in [6, 6.07) is 0. The highest BCUT2D eigenvalue weighted by Crippen LogP contribution is 2.28. The zero-order valence-electron chi connectivity index (χ0n) is 8.48. The molecule has 1 aromatic rings. The number of carbonyl (C=O) groups is 1. The Balaban J connectivity index is 2.11. The molecule has 7 nitrogen and oxygen atoms in total. The van der Waals surface area contributed by atoms with E-state index in [0.717, 1.165) is 0 Å². The third kappa shape index (κ3) is 1.92. The highest BCUT2D eigenvalue weighted by Gasteiger charge is 2.34. The molecule has 2 heterocycles. The van der Waals surface area contributed by atoms with Crippen molar-refractivity contribution in [1.82, 2.24) is 9.55 Å². The van der Waals surface area contributed by atoms with Crippen molar-refractivity contribution in [1.29, 1.82) is 0 Å². The van der Waals surface area contributed by atoms with Crippen molar-refractivity contribution >= 4 is 5.91 Å². The van der Waals surface area contributed by atoms with Gasteiger partial charge in [0.15, 0.2) is 0 Å². The zero-order valence-corrected chi connectivity index (χ0v) is 8.48. The lowest BCUT2D eigenvalue weighted by Crippen LogP contribution is -2.24. The molecule has 1 saturated heterocycles. The molecule has 3 atom stereocenters. The molecule has 1 fully saturated rings. The van der Waals surface area contributed by atoms with Gasteiger partial charge in [0.25, 0.3) is 5.91 Å². The van der Waals surface area contributed by atoms with E-state index in [1.165, 1.54) is 12.5 Å². The maximum atomic E-state index is 10.8. The van der Waals surface area contributed by atoms with Crippen LogP contribution in [0, 0.1) is 0 Å². The van der Waals surface area contributed by atoms with Gasteiger partial charge in [0.2, 0.25) is 0 Å². The van der Waals surface area contributed by atoms with Crippen molar-refractivity contribution in [2.75, 3.05) is 6.61 Å². The summed E-state index contributed by atoms with van der Waals surface area (Å²) in [5.74, 6) is -0.615. The summed E-state index contributed by atoms with van der Waals surface area (Å²) in [4.78, 5) is 14.6. The molecule has 7 heteroatoms. The molecule has 0 bridgehead atoms. The quantitative estimate of drug-likeness (QED) is 0.589. The summed E-state index contributed by atoms with van der Waals surface area (Å²) in [7, 11) is 0. The molecule has 0 aromatic carbocycles. The van der Waals surface area contributed by atoms with Crippen LogP contribution in [0.2, 0.25) is 0 Å². The van der Waals surface area contributed by atoms with Crippen LogP contribution in [-0.4, -0.2) is 44.5 Å². The molecular weight excluding hydrogens is 214 g/mol. The van der Waals surface area contributed by atoms with E-state index in [9.17, 15) is 9.90 Å². The number of aromatic nitrogens is 2. The fourth-order valence-electron chi connectivity index (χ4n) is 1.68. The first-order chi connectivity index (χ1) is 7.61. The van der Waals surface area contributed by atoms with Crippen LogP contribution in [0.15, 0.2) is 12.5 Å². The van der Waals surface area contributed by atoms with Crippen molar-refractivity contribution in [2.24, 2.45) is 5.73 Å². The highest BCUT2D eigenvalue weighted by atomic mass is 16.5. The Morgan fingerprint density at radius 2 is 2.50 bits per heavy atom. The number of nitrogens with zero attached hydrogens (tertiary/aromatic N) is 2. The van der Waals surface area contributed by atoms with Crippen molar-refractivity contribution in [3.63, 3.8) is 0 Å². The molecule has 0 aliphatic carbocycles. The van der Waals surface area contributed by atoms with Gasteiger partial charge >= 0.3 is 0 Å². The maximum Gasteiger partial charge on any atom is 0.268 e. The second-order valence-electron chi connectivity index (χ2n) is 3.69. The van der Waals surface area contributed by atoms with Gasteiger partial charge in [-0.1, -0.05) is 0 Å². The fraction of sp³-hybridized carbons (Fsp3) is 0.556. The number of carbonyl (C=O) groups excluding carboxylic acids is 1. The smallest absolute Gasteiger partial charge is 0.268 e. The molecule has 16 heavy (non-hydrogen) atoms. The number of amides is 1. The van der Waals surface area contributed by atoms with Gasteiger partial charge in [0.05, 0.1) is 19.0 Å². The van der Waals surface area contributed by atoms with Crippen molar-refractivity contribution in [3.8, 4) is 0 Å². The molecule has 0 saturated carbocycles. The van der Waals surface area contributed by atoms with E-state index in [1.54, 1.807) is 4.57 Å². The molecule has 1 aliphatic heterocycles. The van der Waals surface area contributed by atoms with Gasteiger partial charge in [-0.2, -0.15) is 0 Å².